The first-order valence-electron chi connectivity index (χ1n) is 11.6. The maximum atomic E-state index is 6.30. The fourth-order valence-electron chi connectivity index (χ4n) is 4.88. The number of pyridine rings is 1. The van der Waals surface area contributed by atoms with Gasteiger partial charge in [-0.2, -0.15) is 0 Å². The van der Waals surface area contributed by atoms with Crippen molar-refractivity contribution < 1.29 is 4.74 Å². The minimum atomic E-state index is 0.678. The molecule has 0 bridgehead atoms. The number of likely N-dealkylation sites (tertiary alicyclic amines) is 1. The van der Waals surface area contributed by atoms with E-state index in [9.17, 15) is 0 Å². The number of benzene rings is 1. The molecule has 0 radical (unpaired) electrons. The van der Waals surface area contributed by atoms with E-state index >= 15 is 0 Å². The van der Waals surface area contributed by atoms with Gasteiger partial charge in [-0.3, -0.25) is 4.90 Å². The zero-order valence-corrected chi connectivity index (χ0v) is 19.3. The van der Waals surface area contributed by atoms with Crippen LogP contribution in [0.5, 0.6) is 11.6 Å². The van der Waals surface area contributed by atoms with Crippen molar-refractivity contribution in [1.29, 1.82) is 0 Å². The van der Waals surface area contributed by atoms with Crippen molar-refractivity contribution in [2.75, 3.05) is 13.1 Å². The van der Waals surface area contributed by atoms with Gasteiger partial charge in [-0.1, -0.05) is 11.3 Å². The Morgan fingerprint density at radius 2 is 1.81 bits per heavy atom. The van der Waals surface area contributed by atoms with E-state index < -0.39 is 0 Å². The van der Waals surface area contributed by atoms with E-state index in [1.165, 1.54) is 51.6 Å². The molecule has 31 heavy (non-hydrogen) atoms. The molecule has 0 N–H and O–H groups in total. The van der Waals surface area contributed by atoms with Crippen LogP contribution < -0.4 is 4.74 Å². The molecular formula is C24H28BrN5O. The molecule has 2 aliphatic carbocycles. The number of aromatic nitrogens is 4. The van der Waals surface area contributed by atoms with Gasteiger partial charge in [0.2, 0.25) is 5.88 Å². The van der Waals surface area contributed by atoms with E-state index in [1.54, 1.807) is 6.20 Å². The highest BCUT2D eigenvalue weighted by molar-refractivity contribution is 9.10. The van der Waals surface area contributed by atoms with E-state index in [0.717, 1.165) is 57.7 Å². The second-order valence-electron chi connectivity index (χ2n) is 9.48. The number of ether oxygens (including phenoxy) is 1. The number of halogens is 1. The molecule has 1 aromatic carbocycles. The summed E-state index contributed by atoms with van der Waals surface area (Å²) in [5, 5.41) is 8.76. The molecular weight excluding hydrogens is 454 g/mol. The summed E-state index contributed by atoms with van der Waals surface area (Å²) in [6.45, 7) is 4.19. The van der Waals surface area contributed by atoms with Crippen LogP contribution in [-0.4, -0.2) is 38.0 Å². The van der Waals surface area contributed by atoms with Crippen LogP contribution in [0.2, 0.25) is 0 Å². The summed E-state index contributed by atoms with van der Waals surface area (Å²) in [6.07, 6.45) is 9.97. The van der Waals surface area contributed by atoms with Gasteiger partial charge in [0.05, 0.1) is 9.99 Å². The summed E-state index contributed by atoms with van der Waals surface area (Å²) in [5.41, 5.74) is 3.03. The summed E-state index contributed by atoms with van der Waals surface area (Å²) in [4.78, 5) is 7.10. The molecule has 3 heterocycles. The lowest BCUT2D eigenvalue weighted by molar-refractivity contribution is 0.164. The van der Waals surface area contributed by atoms with Gasteiger partial charge in [0.1, 0.15) is 11.3 Å². The maximum absolute atomic E-state index is 6.30. The number of piperidine rings is 1. The molecule has 3 aromatic rings. The summed E-state index contributed by atoms with van der Waals surface area (Å²) >= 11 is 3.70. The van der Waals surface area contributed by atoms with Crippen LogP contribution in [0, 0.1) is 17.8 Å². The molecule has 2 aromatic heterocycles. The number of fused-ring (bicyclic) bond motifs is 1. The first-order chi connectivity index (χ1) is 15.2. The van der Waals surface area contributed by atoms with Crippen molar-refractivity contribution in [3.8, 4) is 11.6 Å². The fraction of sp³-hybridized carbons (Fsp3) is 0.542. The van der Waals surface area contributed by atoms with Gasteiger partial charge in [0.15, 0.2) is 0 Å². The van der Waals surface area contributed by atoms with Gasteiger partial charge in [-0.25, -0.2) is 9.67 Å². The third-order valence-corrected chi connectivity index (χ3v) is 7.86. The number of hydrogen-bond acceptors (Lipinski definition) is 5. The van der Waals surface area contributed by atoms with E-state index in [2.05, 4.69) is 48.3 Å². The van der Waals surface area contributed by atoms with Crippen LogP contribution in [0.25, 0.3) is 11.0 Å². The van der Waals surface area contributed by atoms with Gasteiger partial charge in [0.25, 0.3) is 0 Å². The number of hydrogen-bond donors (Lipinski definition) is 0. The molecule has 7 heteroatoms. The Morgan fingerprint density at radius 1 is 1.00 bits per heavy atom. The predicted octanol–water partition coefficient (Wildman–Crippen LogP) is 5.41. The highest BCUT2D eigenvalue weighted by Crippen LogP contribution is 2.42. The second-order valence-corrected chi connectivity index (χ2v) is 10.3. The van der Waals surface area contributed by atoms with Crippen molar-refractivity contribution in [3.63, 3.8) is 0 Å². The Labute approximate surface area is 191 Å². The smallest absolute Gasteiger partial charge is 0.223 e. The van der Waals surface area contributed by atoms with Crippen LogP contribution in [0.15, 0.2) is 34.9 Å². The van der Waals surface area contributed by atoms with Gasteiger partial charge in [0, 0.05) is 24.8 Å². The molecule has 6 nitrogen and oxygen atoms in total. The van der Waals surface area contributed by atoms with E-state index in [1.807, 2.05) is 16.8 Å². The first-order valence-corrected chi connectivity index (χ1v) is 12.4. The third-order valence-electron chi connectivity index (χ3n) is 7.09. The van der Waals surface area contributed by atoms with Crippen LogP contribution in [-0.2, 0) is 13.1 Å². The molecule has 0 spiro atoms. The molecule has 2 saturated carbocycles. The van der Waals surface area contributed by atoms with Crippen molar-refractivity contribution in [2.45, 2.75) is 51.6 Å². The minimum Gasteiger partial charge on any atom is -0.437 e. The lowest BCUT2D eigenvalue weighted by atomic mass is 9.92. The lowest BCUT2D eigenvalue weighted by Gasteiger charge is -2.32. The molecule has 1 saturated heterocycles. The summed E-state index contributed by atoms with van der Waals surface area (Å²) in [5.74, 6) is 4.14. The molecule has 6 rings (SSSR count). The molecule has 3 fully saturated rings. The van der Waals surface area contributed by atoms with Crippen molar-refractivity contribution in [2.24, 2.45) is 17.8 Å². The lowest BCUT2D eigenvalue weighted by Crippen LogP contribution is -2.33. The van der Waals surface area contributed by atoms with E-state index in [-0.39, 0.29) is 0 Å². The van der Waals surface area contributed by atoms with Gasteiger partial charge >= 0.3 is 0 Å². The monoisotopic (exact) mass is 481 g/mol. The van der Waals surface area contributed by atoms with Gasteiger partial charge in [-0.05, 0) is 103 Å². The molecule has 1 aliphatic heterocycles. The van der Waals surface area contributed by atoms with Crippen molar-refractivity contribution >= 4 is 27.0 Å². The van der Waals surface area contributed by atoms with Crippen molar-refractivity contribution in [3.05, 3.63) is 40.5 Å². The standard InChI is InChI=1S/C24H28BrN5O/c25-22-21(8-7-20-23(22)27-28-30(20)14-16-3-4-16)31-24-19(2-1-11-26-24)15-29-12-9-18(10-13-29)17-5-6-17/h1-2,7-8,11,16-18H,3-6,9-10,12-15H2. The zero-order chi connectivity index (χ0) is 20.8. The normalized spacial score (nSPS) is 20.4. The largest absolute Gasteiger partial charge is 0.437 e. The Bertz CT molecular complexity index is 1080. The molecule has 0 unspecified atom stereocenters. The third kappa shape index (κ3) is 4.22. The first kappa shape index (κ1) is 19.7. The average Bonchev–Trinajstić information content (AvgIpc) is 3.71. The summed E-state index contributed by atoms with van der Waals surface area (Å²) < 4.78 is 9.15. The van der Waals surface area contributed by atoms with Gasteiger partial charge < -0.3 is 4.74 Å². The fourth-order valence-corrected chi connectivity index (χ4v) is 5.37. The van der Waals surface area contributed by atoms with Gasteiger partial charge in [-0.15, -0.1) is 5.10 Å². The topological polar surface area (TPSA) is 56.1 Å². The molecule has 3 aliphatic rings. The number of rotatable bonds is 7. The van der Waals surface area contributed by atoms with Crippen molar-refractivity contribution in [1.82, 2.24) is 24.9 Å². The van der Waals surface area contributed by atoms with Crippen LogP contribution in [0.4, 0.5) is 0 Å². The Hall–Kier alpha value is -1.99. The van der Waals surface area contributed by atoms with E-state index in [4.69, 9.17) is 4.74 Å². The summed E-state index contributed by atoms with van der Waals surface area (Å²) in [7, 11) is 0. The second kappa shape index (κ2) is 8.17. The highest BCUT2D eigenvalue weighted by atomic mass is 79.9. The average molecular weight is 482 g/mol. The zero-order valence-electron chi connectivity index (χ0n) is 17.7. The predicted molar refractivity (Wildman–Crippen MR) is 123 cm³/mol. The highest BCUT2D eigenvalue weighted by Gasteiger charge is 2.33. The molecule has 0 atom stereocenters. The van der Waals surface area contributed by atoms with Crippen LogP contribution >= 0.6 is 15.9 Å². The quantitative estimate of drug-likeness (QED) is 0.451. The van der Waals surface area contributed by atoms with Crippen LogP contribution in [0.3, 0.4) is 0 Å². The van der Waals surface area contributed by atoms with Crippen LogP contribution in [0.1, 0.15) is 44.1 Å². The SMILES string of the molecule is Brc1c(Oc2ncccc2CN2CCC(C3CC3)CC2)ccc2c1nnn2CC1CC1. The summed E-state index contributed by atoms with van der Waals surface area (Å²) in [6, 6.07) is 8.19. The maximum Gasteiger partial charge on any atom is 0.223 e. The minimum absolute atomic E-state index is 0.678. The Kier molecular flexibility index (Phi) is 5.19. The molecule has 0 amide bonds. The number of nitrogens with zero attached hydrogens (tertiary/aromatic N) is 5. The molecule has 162 valence electrons. The Morgan fingerprint density at radius 3 is 2.58 bits per heavy atom. The van der Waals surface area contributed by atoms with E-state index in [0.29, 0.717) is 5.88 Å². The Balaban J connectivity index is 1.19.